The molecule has 0 aliphatic rings. The lowest BCUT2D eigenvalue weighted by molar-refractivity contribution is 0.120. The number of rotatable bonds is 6. The van der Waals surface area contributed by atoms with Crippen LogP contribution in [0.3, 0.4) is 0 Å². The highest BCUT2D eigenvalue weighted by Gasteiger charge is 2.05. The number of thiophene rings is 1. The van der Waals surface area contributed by atoms with Gasteiger partial charge < -0.3 is 10.5 Å². The Morgan fingerprint density at radius 2 is 2.35 bits per heavy atom. The van der Waals surface area contributed by atoms with Gasteiger partial charge in [0.15, 0.2) is 0 Å². The lowest BCUT2D eigenvalue weighted by atomic mass is 10.2. The zero-order chi connectivity index (χ0) is 12.5. The summed E-state index contributed by atoms with van der Waals surface area (Å²) in [7, 11) is 2.10. The standard InChI is InChI=1S/C13H20N2OS/c1-3-16-9-8-15(2)11-13-12(5-4-7-14)6-10-17-13/h6,10H,3,7-9,11,14H2,1-2H3. The normalized spacial score (nSPS) is 10.4. The first-order valence-electron chi connectivity index (χ1n) is 5.79. The molecular formula is C13H20N2OS. The van der Waals surface area contributed by atoms with Crippen LogP contribution in [0.4, 0.5) is 0 Å². The Labute approximate surface area is 108 Å². The smallest absolute Gasteiger partial charge is 0.0593 e. The first-order chi connectivity index (χ1) is 8.27. The molecular weight excluding hydrogens is 232 g/mol. The van der Waals surface area contributed by atoms with Gasteiger partial charge in [-0.15, -0.1) is 11.3 Å². The quantitative estimate of drug-likeness (QED) is 0.616. The molecule has 2 N–H and O–H groups in total. The van der Waals surface area contributed by atoms with Gasteiger partial charge in [-0.2, -0.15) is 0 Å². The molecule has 0 fully saturated rings. The van der Waals surface area contributed by atoms with Gasteiger partial charge in [0.25, 0.3) is 0 Å². The molecule has 1 aromatic rings. The second kappa shape index (κ2) is 8.26. The minimum Gasteiger partial charge on any atom is -0.380 e. The van der Waals surface area contributed by atoms with E-state index in [0.29, 0.717) is 6.54 Å². The Morgan fingerprint density at radius 1 is 1.53 bits per heavy atom. The third-order valence-electron chi connectivity index (χ3n) is 2.31. The van der Waals surface area contributed by atoms with E-state index in [1.165, 1.54) is 4.88 Å². The largest absolute Gasteiger partial charge is 0.380 e. The van der Waals surface area contributed by atoms with Crippen LogP contribution in [0.1, 0.15) is 17.4 Å². The zero-order valence-electron chi connectivity index (χ0n) is 10.5. The second-order valence-electron chi connectivity index (χ2n) is 3.70. The van der Waals surface area contributed by atoms with Gasteiger partial charge in [-0.1, -0.05) is 11.8 Å². The molecule has 0 unspecified atom stereocenters. The van der Waals surface area contributed by atoms with Crippen molar-refractivity contribution in [3.63, 3.8) is 0 Å². The number of hydrogen-bond donors (Lipinski definition) is 1. The molecule has 3 nitrogen and oxygen atoms in total. The van der Waals surface area contributed by atoms with E-state index in [1.54, 1.807) is 11.3 Å². The molecule has 0 saturated heterocycles. The lowest BCUT2D eigenvalue weighted by Crippen LogP contribution is -2.22. The Hall–Kier alpha value is -0.860. The van der Waals surface area contributed by atoms with Crippen LogP contribution in [-0.2, 0) is 11.3 Å². The van der Waals surface area contributed by atoms with Crippen molar-refractivity contribution in [2.45, 2.75) is 13.5 Å². The fourth-order valence-corrected chi connectivity index (χ4v) is 2.32. The van der Waals surface area contributed by atoms with E-state index in [0.717, 1.165) is 31.9 Å². The molecule has 0 radical (unpaired) electrons. The van der Waals surface area contributed by atoms with Gasteiger partial charge in [-0.25, -0.2) is 0 Å². The SMILES string of the molecule is CCOCCN(C)Cc1sccc1C#CCN. The van der Waals surface area contributed by atoms with E-state index >= 15 is 0 Å². The molecule has 0 bridgehead atoms. The van der Waals surface area contributed by atoms with Crippen LogP contribution >= 0.6 is 11.3 Å². The molecule has 0 saturated carbocycles. The van der Waals surface area contributed by atoms with E-state index < -0.39 is 0 Å². The van der Waals surface area contributed by atoms with E-state index in [4.69, 9.17) is 10.5 Å². The highest BCUT2D eigenvalue weighted by atomic mass is 32.1. The van der Waals surface area contributed by atoms with Gasteiger partial charge in [-0.05, 0) is 25.4 Å². The van der Waals surface area contributed by atoms with Crippen LogP contribution in [-0.4, -0.2) is 38.3 Å². The van der Waals surface area contributed by atoms with Crippen LogP contribution in [0, 0.1) is 11.8 Å². The maximum absolute atomic E-state index is 5.38. The molecule has 0 spiro atoms. The molecule has 0 aromatic carbocycles. The highest BCUT2D eigenvalue weighted by Crippen LogP contribution is 2.17. The topological polar surface area (TPSA) is 38.5 Å². The minimum atomic E-state index is 0.412. The first kappa shape index (κ1) is 14.2. The average Bonchev–Trinajstić information content (AvgIpc) is 2.74. The average molecular weight is 252 g/mol. The molecule has 1 heterocycles. The monoisotopic (exact) mass is 252 g/mol. The van der Waals surface area contributed by atoms with Crippen molar-refractivity contribution in [2.24, 2.45) is 5.73 Å². The van der Waals surface area contributed by atoms with E-state index in [2.05, 4.69) is 35.2 Å². The van der Waals surface area contributed by atoms with Gasteiger partial charge in [0.2, 0.25) is 0 Å². The predicted molar refractivity (Wildman–Crippen MR) is 73.1 cm³/mol. The summed E-state index contributed by atoms with van der Waals surface area (Å²) in [6.07, 6.45) is 0. The van der Waals surface area contributed by atoms with E-state index in [-0.39, 0.29) is 0 Å². The molecule has 17 heavy (non-hydrogen) atoms. The van der Waals surface area contributed by atoms with Crippen molar-refractivity contribution in [3.8, 4) is 11.8 Å². The van der Waals surface area contributed by atoms with Gasteiger partial charge >= 0.3 is 0 Å². The van der Waals surface area contributed by atoms with E-state index in [9.17, 15) is 0 Å². The molecule has 0 aliphatic carbocycles. The molecule has 0 atom stereocenters. The summed E-state index contributed by atoms with van der Waals surface area (Å²) in [6, 6.07) is 2.05. The number of ether oxygens (including phenoxy) is 1. The molecule has 1 aromatic heterocycles. The third-order valence-corrected chi connectivity index (χ3v) is 3.21. The van der Waals surface area contributed by atoms with Crippen molar-refractivity contribution < 1.29 is 4.74 Å². The van der Waals surface area contributed by atoms with Crippen molar-refractivity contribution in [1.29, 1.82) is 0 Å². The van der Waals surface area contributed by atoms with Crippen molar-refractivity contribution in [2.75, 3.05) is 33.4 Å². The zero-order valence-corrected chi connectivity index (χ0v) is 11.3. The summed E-state index contributed by atoms with van der Waals surface area (Å²) in [5.74, 6) is 6.00. The van der Waals surface area contributed by atoms with E-state index in [1.807, 2.05) is 6.92 Å². The van der Waals surface area contributed by atoms with Crippen LogP contribution < -0.4 is 5.73 Å². The molecule has 0 aliphatic heterocycles. The number of likely N-dealkylation sites (N-methyl/N-ethyl adjacent to an activating group) is 1. The maximum Gasteiger partial charge on any atom is 0.0593 e. The second-order valence-corrected chi connectivity index (χ2v) is 4.70. The Balaban J connectivity index is 2.47. The lowest BCUT2D eigenvalue weighted by Gasteiger charge is -2.15. The van der Waals surface area contributed by atoms with Crippen LogP contribution in [0.25, 0.3) is 0 Å². The van der Waals surface area contributed by atoms with Crippen molar-refractivity contribution in [3.05, 3.63) is 21.9 Å². The van der Waals surface area contributed by atoms with Gasteiger partial charge in [0, 0.05) is 30.1 Å². The summed E-state index contributed by atoms with van der Waals surface area (Å²) in [5, 5.41) is 2.08. The van der Waals surface area contributed by atoms with Crippen molar-refractivity contribution >= 4 is 11.3 Å². The molecule has 4 heteroatoms. The Morgan fingerprint density at radius 3 is 3.06 bits per heavy atom. The van der Waals surface area contributed by atoms with Crippen molar-refractivity contribution in [1.82, 2.24) is 4.90 Å². The summed E-state index contributed by atoms with van der Waals surface area (Å²) in [6.45, 7) is 5.84. The molecule has 0 amide bonds. The number of nitrogens with two attached hydrogens (primary N) is 1. The first-order valence-corrected chi connectivity index (χ1v) is 6.67. The van der Waals surface area contributed by atoms with Gasteiger partial charge in [-0.3, -0.25) is 4.90 Å². The van der Waals surface area contributed by atoms with Crippen LogP contribution in [0.5, 0.6) is 0 Å². The van der Waals surface area contributed by atoms with Crippen LogP contribution in [0.15, 0.2) is 11.4 Å². The minimum absolute atomic E-state index is 0.412. The summed E-state index contributed by atoms with van der Waals surface area (Å²) < 4.78 is 5.34. The predicted octanol–water partition coefficient (Wildman–Crippen LogP) is 1.53. The summed E-state index contributed by atoms with van der Waals surface area (Å²) >= 11 is 1.74. The fourth-order valence-electron chi connectivity index (χ4n) is 1.41. The highest BCUT2D eigenvalue weighted by molar-refractivity contribution is 7.10. The molecule has 94 valence electrons. The van der Waals surface area contributed by atoms with Gasteiger partial charge in [0.05, 0.1) is 13.2 Å². The van der Waals surface area contributed by atoms with Gasteiger partial charge in [0.1, 0.15) is 0 Å². The van der Waals surface area contributed by atoms with Crippen LogP contribution in [0.2, 0.25) is 0 Å². The number of nitrogens with zero attached hydrogens (tertiary/aromatic N) is 1. The third kappa shape index (κ3) is 5.33. The summed E-state index contributed by atoms with van der Waals surface area (Å²) in [4.78, 5) is 3.54. The Bertz CT molecular complexity index is 378. The Kier molecular flexibility index (Phi) is 6.90. The maximum atomic E-state index is 5.38. The summed E-state index contributed by atoms with van der Waals surface area (Å²) in [5.41, 5.74) is 6.48. The fraction of sp³-hybridized carbons (Fsp3) is 0.538. The molecule has 1 rings (SSSR count). The number of hydrogen-bond acceptors (Lipinski definition) is 4.